The Morgan fingerprint density at radius 1 is 1.38 bits per heavy atom. The molecule has 1 aromatic rings. The standard InChI is InChI=1S/C10H7FNO/c1-2-7-13-12-8-9-3-5-10(11)6-4-9/h1,3-6H,7H2. The zero-order valence-corrected chi connectivity index (χ0v) is 6.83. The average molecular weight is 176 g/mol. The van der Waals surface area contributed by atoms with Gasteiger partial charge in [-0.3, -0.25) is 0 Å². The van der Waals surface area contributed by atoms with Crippen molar-refractivity contribution in [1.82, 2.24) is 0 Å². The summed E-state index contributed by atoms with van der Waals surface area (Å²) in [4.78, 5) is 4.60. The van der Waals surface area contributed by atoms with Gasteiger partial charge in [0.2, 0.25) is 0 Å². The molecule has 0 bridgehead atoms. The van der Waals surface area contributed by atoms with E-state index in [0.29, 0.717) is 5.56 Å². The van der Waals surface area contributed by atoms with Crippen molar-refractivity contribution < 1.29 is 9.23 Å². The molecular formula is C10H7FNO. The molecule has 0 heterocycles. The SMILES string of the molecule is C#CCON=[C]c1ccc(F)cc1. The highest BCUT2D eigenvalue weighted by Crippen LogP contribution is 1.99. The average Bonchev–Trinajstić information content (AvgIpc) is 2.15. The van der Waals surface area contributed by atoms with Crippen molar-refractivity contribution in [2.24, 2.45) is 5.16 Å². The normalized spacial score (nSPS) is 9.85. The lowest BCUT2D eigenvalue weighted by Gasteiger charge is -1.91. The minimum Gasteiger partial charge on any atom is -0.382 e. The van der Waals surface area contributed by atoms with Gasteiger partial charge in [0, 0.05) is 5.56 Å². The summed E-state index contributed by atoms with van der Waals surface area (Å²) in [5.41, 5.74) is 0.637. The summed E-state index contributed by atoms with van der Waals surface area (Å²) >= 11 is 0. The molecular weight excluding hydrogens is 169 g/mol. The minimum absolute atomic E-state index is 0.105. The van der Waals surface area contributed by atoms with Crippen LogP contribution in [0.4, 0.5) is 4.39 Å². The van der Waals surface area contributed by atoms with E-state index in [-0.39, 0.29) is 12.4 Å². The van der Waals surface area contributed by atoms with Crippen LogP contribution in [0.2, 0.25) is 0 Å². The Balaban J connectivity index is 2.50. The van der Waals surface area contributed by atoms with E-state index in [1.165, 1.54) is 24.3 Å². The number of hydrogen-bond donors (Lipinski definition) is 0. The number of hydrogen-bond acceptors (Lipinski definition) is 2. The van der Waals surface area contributed by atoms with E-state index < -0.39 is 0 Å². The van der Waals surface area contributed by atoms with Crippen molar-refractivity contribution in [3.05, 3.63) is 35.6 Å². The minimum atomic E-state index is -0.296. The van der Waals surface area contributed by atoms with Gasteiger partial charge < -0.3 is 4.84 Å². The Labute approximate surface area is 76.0 Å². The van der Waals surface area contributed by atoms with Gasteiger partial charge in [-0.15, -0.1) is 6.42 Å². The van der Waals surface area contributed by atoms with Gasteiger partial charge in [-0.05, 0) is 24.3 Å². The maximum atomic E-state index is 12.4. The largest absolute Gasteiger partial charge is 0.382 e. The summed E-state index contributed by atoms with van der Waals surface area (Å²) in [5, 5.41) is 3.45. The van der Waals surface area contributed by atoms with Crippen LogP contribution in [0.5, 0.6) is 0 Å². The monoisotopic (exact) mass is 176 g/mol. The second-order valence-corrected chi connectivity index (χ2v) is 2.19. The second kappa shape index (κ2) is 4.94. The molecule has 3 heteroatoms. The van der Waals surface area contributed by atoms with Crippen LogP contribution in [-0.2, 0) is 4.84 Å². The van der Waals surface area contributed by atoms with Crippen LogP contribution in [0.15, 0.2) is 29.4 Å². The molecule has 0 aliphatic carbocycles. The van der Waals surface area contributed by atoms with Crippen LogP contribution in [0, 0.1) is 18.2 Å². The highest BCUT2D eigenvalue weighted by molar-refractivity contribution is 5.78. The Kier molecular flexibility index (Phi) is 3.52. The lowest BCUT2D eigenvalue weighted by atomic mass is 10.2. The molecule has 1 radical (unpaired) electrons. The Hall–Kier alpha value is -1.82. The van der Waals surface area contributed by atoms with E-state index in [4.69, 9.17) is 6.42 Å². The molecule has 2 nitrogen and oxygen atoms in total. The fourth-order valence-corrected chi connectivity index (χ4v) is 0.679. The fraction of sp³-hybridized carbons (Fsp3) is 0.100. The summed E-state index contributed by atoms with van der Waals surface area (Å²) in [5.74, 6) is 1.95. The first kappa shape index (κ1) is 9.27. The molecule has 0 N–H and O–H groups in total. The highest BCUT2D eigenvalue weighted by atomic mass is 19.1. The van der Waals surface area contributed by atoms with Crippen molar-refractivity contribution in [3.8, 4) is 12.3 Å². The number of terminal acetylenes is 1. The molecule has 0 fully saturated rings. The molecule has 1 aromatic carbocycles. The molecule has 0 atom stereocenters. The molecule has 13 heavy (non-hydrogen) atoms. The number of halogens is 1. The summed E-state index contributed by atoms with van der Waals surface area (Å²) < 4.78 is 12.4. The van der Waals surface area contributed by atoms with Gasteiger partial charge in [0.25, 0.3) is 0 Å². The van der Waals surface area contributed by atoms with Gasteiger partial charge in [-0.25, -0.2) is 4.39 Å². The van der Waals surface area contributed by atoms with Crippen LogP contribution < -0.4 is 0 Å². The molecule has 65 valence electrons. The first-order valence-electron chi connectivity index (χ1n) is 3.60. The van der Waals surface area contributed by atoms with Crippen LogP contribution >= 0.6 is 0 Å². The van der Waals surface area contributed by atoms with Crippen molar-refractivity contribution in [1.29, 1.82) is 0 Å². The molecule has 1 rings (SSSR count). The zero-order chi connectivity index (χ0) is 9.52. The number of benzene rings is 1. The van der Waals surface area contributed by atoms with Crippen molar-refractivity contribution in [2.45, 2.75) is 0 Å². The first-order chi connectivity index (χ1) is 6.33. The fourth-order valence-electron chi connectivity index (χ4n) is 0.679. The summed E-state index contributed by atoms with van der Waals surface area (Å²) in [6.07, 6.45) is 7.46. The van der Waals surface area contributed by atoms with Gasteiger partial charge in [0.1, 0.15) is 12.0 Å². The van der Waals surface area contributed by atoms with Gasteiger partial charge >= 0.3 is 0 Å². The number of rotatable bonds is 3. The molecule has 0 amide bonds. The predicted octanol–water partition coefficient (Wildman–Crippen LogP) is 1.69. The molecule has 0 unspecified atom stereocenters. The smallest absolute Gasteiger partial charge is 0.177 e. The number of nitrogens with zero attached hydrogens (tertiary/aromatic N) is 1. The summed E-state index contributed by atoms with van der Waals surface area (Å²) in [7, 11) is 0. The zero-order valence-electron chi connectivity index (χ0n) is 6.83. The van der Waals surface area contributed by atoms with Crippen LogP contribution in [-0.4, -0.2) is 12.8 Å². The van der Waals surface area contributed by atoms with Crippen LogP contribution in [0.25, 0.3) is 0 Å². The molecule has 0 aromatic heterocycles. The van der Waals surface area contributed by atoms with Gasteiger partial charge in [0.15, 0.2) is 6.61 Å². The maximum Gasteiger partial charge on any atom is 0.177 e. The second-order valence-electron chi connectivity index (χ2n) is 2.19. The van der Waals surface area contributed by atoms with E-state index in [2.05, 4.69) is 22.1 Å². The summed E-state index contributed by atoms with van der Waals surface area (Å²) in [6, 6.07) is 5.72. The Morgan fingerprint density at radius 3 is 2.69 bits per heavy atom. The van der Waals surface area contributed by atoms with Crippen molar-refractivity contribution in [2.75, 3.05) is 6.61 Å². The topological polar surface area (TPSA) is 21.6 Å². The van der Waals surface area contributed by atoms with E-state index in [1.54, 1.807) is 0 Å². The van der Waals surface area contributed by atoms with E-state index in [1.807, 2.05) is 0 Å². The van der Waals surface area contributed by atoms with E-state index in [0.717, 1.165) is 0 Å². The Bertz CT molecular complexity index is 324. The lowest BCUT2D eigenvalue weighted by Crippen LogP contribution is -1.85. The van der Waals surface area contributed by atoms with Gasteiger partial charge in [-0.2, -0.15) is 0 Å². The van der Waals surface area contributed by atoms with Crippen molar-refractivity contribution >= 4 is 6.21 Å². The third-order valence-corrected chi connectivity index (χ3v) is 1.23. The molecule has 0 saturated heterocycles. The van der Waals surface area contributed by atoms with Crippen LogP contribution in [0.3, 0.4) is 0 Å². The predicted molar refractivity (Wildman–Crippen MR) is 47.7 cm³/mol. The van der Waals surface area contributed by atoms with Crippen molar-refractivity contribution in [3.63, 3.8) is 0 Å². The molecule has 0 aliphatic rings. The first-order valence-corrected chi connectivity index (χ1v) is 3.60. The van der Waals surface area contributed by atoms with Crippen LogP contribution in [0.1, 0.15) is 5.56 Å². The molecule has 0 saturated carbocycles. The molecule has 0 aliphatic heterocycles. The van der Waals surface area contributed by atoms with E-state index >= 15 is 0 Å². The third-order valence-electron chi connectivity index (χ3n) is 1.23. The Morgan fingerprint density at radius 2 is 2.08 bits per heavy atom. The van der Waals surface area contributed by atoms with Gasteiger partial charge in [0.05, 0.1) is 0 Å². The highest BCUT2D eigenvalue weighted by Gasteiger charge is 1.89. The summed E-state index contributed by atoms with van der Waals surface area (Å²) in [6.45, 7) is 0.105. The molecule has 0 spiro atoms. The third kappa shape index (κ3) is 3.39. The quantitative estimate of drug-likeness (QED) is 0.297. The van der Waals surface area contributed by atoms with E-state index in [9.17, 15) is 4.39 Å². The van der Waals surface area contributed by atoms with Gasteiger partial charge in [-0.1, -0.05) is 11.1 Å². The maximum absolute atomic E-state index is 12.4. The lowest BCUT2D eigenvalue weighted by molar-refractivity contribution is 0.181.